The highest BCUT2D eigenvalue weighted by molar-refractivity contribution is 7.19. The van der Waals surface area contributed by atoms with Gasteiger partial charge in [-0.2, -0.15) is 0 Å². The molecule has 8 nitrogen and oxygen atoms in total. The first kappa shape index (κ1) is 19.1. The summed E-state index contributed by atoms with van der Waals surface area (Å²) in [5.41, 5.74) is 3.54. The fourth-order valence-corrected chi connectivity index (χ4v) is 5.52. The van der Waals surface area contributed by atoms with Crippen LogP contribution >= 0.6 is 11.3 Å². The third kappa shape index (κ3) is 3.16. The van der Waals surface area contributed by atoms with E-state index in [1.54, 1.807) is 41.9 Å². The maximum Gasteiger partial charge on any atom is 0.264 e. The molecule has 0 saturated heterocycles. The quantitative estimate of drug-likeness (QED) is 0.508. The lowest BCUT2D eigenvalue weighted by molar-refractivity contribution is -0.120. The number of nitrogens with one attached hydrogen (secondary N) is 1. The molecule has 0 spiro atoms. The number of carbonyl (C=O) groups is 1. The van der Waals surface area contributed by atoms with Crippen molar-refractivity contribution in [1.82, 2.24) is 19.9 Å². The third-order valence-corrected chi connectivity index (χ3v) is 7.10. The number of hydrogen-bond donors (Lipinski definition) is 1. The van der Waals surface area contributed by atoms with Crippen molar-refractivity contribution in [3.8, 4) is 17.3 Å². The lowest BCUT2D eigenvalue weighted by Gasteiger charge is -2.26. The van der Waals surface area contributed by atoms with Crippen LogP contribution in [0.5, 0.6) is 5.75 Å². The van der Waals surface area contributed by atoms with Gasteiger partial charge in [0.25, 0.3) is 5.91 Å². The molecule has 0 radical (unpaired) electrons. The van der Waals surface area contributed by atoms with Crippen molar-refractivity contribution in [2.24, 2.45) is 0 Å². The van der Waals surface area contributed by atoms with Crippen LogP contribution in [0.1, 0.15) is 23.3 Å². The number of aryl methyl sites for hydroxylation is 2. The molecule has 0 unspecified atom stereocenters. The van der Waals surface area contributed by atoms with E-state index in [4.69, 9.17) is 14.7 Å². The number of rotatable bonds is 3. The van der Waals surface area contributed by atoms with E-state index < -0.39 is 0 Å². The van der Waals surface area contributed by atoms with Gasteiger partial charge in [-0.05, 0) is 49.4 Å². The number of carbonyl (C=O) groups excluding carboxylic acids is 1. The topological polar surface area (TPSA) is 93.1 Å². The predicted molar refractivity (Wildman–Crippen MR) is 124 cm³/mol. The Kier molecular flexibility index (Phi) is 4.50. The molecule has 160 valence electrons. The highest BCUT2D eigenvalue weighted by atomic mass is 32.1. The van der Waals surface area contributed by atoms with Gasteiger partial charge in [-0.25, -0.2) is 15.0 Å². The molecular formula is C23H20N6O2S. The molecule has 3 aromatic heterocycles. The summed E-state index contributed by atoms with van der Waals surface area (Å²) in [6.07, 6.45) is 9.46. The van der Waals surface area contributed by atoms with E-state index in [0.717, 1.165) is 40.3 Å². The number of thiophene rings is 1. The Labute approximate surface area is 188 Å². The van der Waals surface area contributed by atoms with E-state index >= 15 is 0 Å². The molecule has 6 rings (SSSR count). The Bertz CT molecular complexity index is 1350. The molecule has 1 aromatic carbocycles. The Morgan fingerprint density at radius 2 is 2.06 bits per heavy atom. The van der Waals surface area contributed by atoms with Gasteiger partial charge in [0.05, 0.1) is 17.3 Å². The molecule has 1 N–H and O–H groups in total. The predicted octanol–water partition coefficient (Wildman–Crippen LogP) is 4.13. The van der Waals surface area contributed by atoms with Crippen LogP contribution in [-0.2, 0) is 17.6 Å². The summed E-state index contributed by atoms with van der Waals surface area (Å²) in [6.45, 7) is 0.0608. The van der Waals surface area contributed by atoms with E-state index in [9.17, 15) is 4.79 Å². The number of amides is 1. The number of benzene rings is 1. The van der Waals surface area contributed by atoms with Crippen LogP contribution in [0.3, 0.4) is 0 Å². The van der Waals surface area contributed by atoms with Gasteiger partial charge < -0.3 is 15.0 Å². The standard InChI is InChI=1S/C23H20N6O2S/c1-29-16-10-13(6-7-17(16)31-12-19(29)30)26-22-20-14-4-2-3-5-18(14)32-23(20)28-21(27-22)15-11-24-8-9-25-15/h6-11H,2-5,12H2,1H3,(H,26,27,28). The van der Waals surface area contributed by atoms with Gasteiger partial charge in [0, 0.05) is 30.0 Å². The van der Waals surface area contributed by atoms with Crippen molar-refractivity contribution >= 4 is 44.7 Å². The van der Waals surface area contributed by atoms with Crippen molar-refractivity contribution in [2.75, 3.05) is 23.9 Å². The summed E-state index contributed by atoms with van der Waals surface area (Å²) in [7, 11) is 1.76. The lowest BCUT2D eigenvalue weighted by Crippen LogP contribution is -2.35. The lowest BCUT2D eigenvalue weighted by atomic mass is 9.97. The van der Waals surface area contributed by atoms with Crippen LogP contribution in [0.25, 0.3) is 21.7 Å². The van der Waals surface area contributed by atoms with E-state index in [1.165, 1.54) is 23.3 Å². The summed E-state index contributed by atoms with van der Waals surface area (Å²) in [4.78, 5) is 34.3. The average Bonchev–Trinajstić information content (AvgIpc) is 3.21. The maximum atomic E-state index is 12.1. The summed E-state index contributed by atoms with van der Waals surface area (Å²) < 4.78 is 5.56. The van der Waals surface area contributed by atoms with Gasteiger partial charge in [0.1, 0.15) is 22.1 Å². The molecule has 1 amide bonds. The first-order valence-corrected chi connectivity index (χ1v) is 11.4. The van der Waals surface area contributed by atoms with E-state index in [0.29, 0.717) is 17.3 Å². The molecule has 0 saturated carbocycles. The number of hydrogen-bond acceptors (Lipinski definition) is 8. The summed E-state index contributed by atoms with van der Waals surface area (Å²) in [5.74, 6) is 1.91. The molecule has 0 atom stereocenters. The van der Waals surface area contributed by atoms with Crippen molar-refractivity contribution in [3.63, 3.8) is 0 Å². The Morgan fingerprint density at radius 3 is 2.94 bits per heavy atom. The Balaban J connectivity index is 1.49. The van der Waals surface area contributed by atoms with Crippen LogP contribution in [0, 0.1) is 0 Å². The molecule has 9 heteroatoms. The second kappa shape index (κ2) is 7.52. The van der Waals surface area contributed by atoms with Gasteiger partial charge in [-0.3, -0.25) is 9.78 Å². The zero-order valence-electron chi connectivity index (χ0n) is 17.5. The SMILES string of the molecule is CN1C(=O)COc2ccc(Nc3nc(-c4cnccn4)nc4sc5c(c34)CCCC5)cc21. The first-order valence-electron chi connectivity index (χ1n) is 10.6. The summed E-state index contributed by atoms with van der Waals surface area (Å²) in [6, 6.07) is 5.74. The molecule has 2 aliphatic rings. The van der Waals surface area contributed by atoms with Crippen molar-refractivity contribution in [3.05, 3.63) is 47.2 Å². The van der Waals surface area contributed by atoms with Gasteiger partial charge in [0.15, 0.2) is 12.4 Å². The van der Waals surface area contributed by atoms with E-state index in [2.05, 4.69) is 15.3 Å². The summed E-state index contributed by atoms with van der Waals surface area (Å²) >= 11 is 1.74. The smallest absolute Gasteiger partial charge is 0.264 e. The van der Waals surface area contributed by atoms with Crippen LogP contribution in [0.4, 0.5) is 17.2 Å². The number of likely N-dealkylation sites (N-methyl/N-ethyl adjacent to an activating group) is 1. The molecule has 4 heterocycles. The molecule has 32 heavy (non-hydrogen) atoms. The van der Waals surface area contributed by atoms with Crippen molar-refractivity contribution < 1.29 is 9.53 Å². The third-order valence-electron chi connectivity index (χ3n) is 5.92. The first-order chi connectivity index (χ1) is 15.7. The number of fused-ring (bicyclic) bond motifs is 4. The molecule has 1 aliphatic heterocycles. The second-order valence-corrected chi connectivity index (χ2v) is 9.01. The Hall–Kier alpha value is -3.59. The minimum atomic E-state index is -0.0732. The van der Waals surface area contributed by atoms with Gasteiger partial charge in [-0.1, -0.05) is 0 Å². The van der Waals surface area contributed by atoms with Gasteiger partial charge >= 0.3 is 0 Å². The highest BCUT2D eigenvalue weighted by Crippen LogP contribution is 2.41. The molecule has 1 aliphatic carbocycles. The fourth-order valence-electron chi connectivity index (χ4n) is 4.26. The second-order valence-electron chi connectivity index (χ2n) is 7.93. The number of nitrogens with zero attached hydrogens (tertiary/aromatic N) is 5. The van der Waals surface area contributed by atoms with Gasteiger partial charge in [-0.15, -0.1) is 11.3 Å². The van der Waals surface area contributed by atoms with Crippen molar-refractivity contribution in [2.45, 2.75) is 25.7 Å². The largest absolute Gasteiger partial charge is 0.482 e. The average molecular weight is 445 g/mol. The highest BCUT2D eigenvalue weighted by Gasteiger charge is 2.24. The molecule has 0 fully saturated rings. The number of ether oxygens (including phenoxy) is 1. The van der Waals surface area contributed by atoms with Gasteiger partial charge in [0.2, 0.25) is 0 Å². The zero-order chi connectivity index (χ0) is 21.7. The monoisotopic (exact) mass is 444 g/mol. The minimum absolute atomic E-state index is 0.0608. The van der Waals surface area contributed by atoms with Crippen LogP contribution < -0.4 is 15.0 Å². The van der Waals surface area contributed by atoms with Crippen molar-refractivity contribution in [1.29, 1.82) is 0 Å². The van der Waals surface area contributed by atoms with E-state index in [1.807, 2.05) is 18.2 Å². The summed E-state index contributed by atoms with van der Waals surface area (Å²) in [5, 5.41) is 4.57. The molecule has 0 bridgehead atoms. The molecule has 4 aromatic rings. The normalized spacial score (nSPS) is 15.3. The molecular weight excluding hydrogens is 424 g/mol. The maximum absolute atomic E-state index is 12.1. The van der Waals surface area contributed by atoms with Crippen LogP contribution in [0.15, 0.2) is 36.8 Å². The number of aromatic nitrogens is 4. The fraction of sp³-hybridized carbons (Fsp3) is 0.261. The van der Waals surface area contributed by atoms with Crippen LogP contribution in [-0.4, -0.2) is 39.5 Å². The van der Waals surface area contributed by atoms with E-state index in [-0.39, 0.29) is 12.5 Å². The number of anilines is 3. The van der Waals surface area contributed by atoms with Crippen LogP contribution in [0.2, 0.25) is 0 Å². The minimum Gasteiger partial charge on any atom is -0.482 e. The zero-order valence-corrected chi connectivity index (χ0v) is 18.3. The Morgan fingerprint density at radius 1 is 1.16 bits per heavy atom.